The summed E-state index contributed by atoms with van der Waals surface area (Å²) in [7, 11) is 0. The molecule has 0 unspecified atom stereocenters. The summed E-state index contributed by atoms with van der Waals surface area (Å²) in [5.41, 5.74) is 5.33. The first-order valence-electron chi connectivity index (χ1n) is 10.2. The summed E-state index contributed by atoms with van der Waals surface area (Å²) in [5, 5.41) is 0. The van der Waals surface area contributed by atoms with Gasteiger partial charge in [0, 0.05) is 0 Å². The van der Waals surface area contributed by atoms with E-state index in [-0.39, 0.29) is 24.0 Å². The van der Waals surface area contributed by atoms with Crippen molar-refractivity contribution in [3.63, 3.8) is 0 Å². The number of benzene rings is 4. The van der Waals surface area contributed by atoms with E-state index in [4.69, 9.17) is 0 Å². The molecule has 4 aromatic carbocycles. The van der Waals surface area contributed by atoms with Gasteiger partial charge in [-0.2, -0.15) is 0 Å². The number of hydrogen-bond donors (Lipinski definition) is 0. The van der Waals surface area contributed by atoms with Gasteiger partial charge in [0.15, 0.2) is 0 Å². The Bertz CT molecular complexity index is 975. The van der Waals surface area contributed by atoms with Crippen molar-refractivity contribution in [2.24, 2.45) is 0 Å². The number of aryl methyl sites for hydroxylation is 4. The van der Waals surface area contributed by atoms with E-state index in [1.807, 2.05) is 0 Å². The van der Waals surface area contributed by atoms with Crippen molar-refractivity contribution in [3.8, 4) is 0 Å². The van der Waals surface area contributed by atoms with Gasteiger partial charge in [0.05, 0.1) is 0 Å². The normalized spacial score (nSPS) is 11.1. The van der Waals surface area contributed by atoms with E-state index in [0.717, 1.165) is 0 Å². The Balaban J connectivity index is 0.00000256. The standard InChI is InChI=1S/4C7H7.Bi.HI/c4*1-7-5-3-2-4-6-7;;/h4*2-3,5-6H,1H3;;1H/q;;;;+1;/p-1. The number of rotatable bonds is 4. The van der Waals surface area contributed by atoms with E-state index in [2.05, 4.69) is 125 Å². The summed E-state index contributed by atoms with van der Waals surface area (Å²) in [6.07, 6.45) is 0. The van der Waals surface area contributed by atoms with Gasteiger partial charge in [0.25, 0.3) is 0 Å². The van der Waals surface area contributed by atoms with Crippen LogP contribution in [0.1, 0.15) is 22.3 Å². The molecule has 0 fully saturated rings. The van der Waals surface area contributed by atoms with Gasteiger partial charge in [0.1, 0.15) is 0 Å². The third kappa shape index (κ3) is 4.41. The van der Waals surface area contributed by atoms with Crippen LogP contribution in [-0.4, -0.2) is 20.3 Å². The molecule has 0 heterocycles. The summed E-state index contributed by atoms with van der Waals surface area (Å²) in [5.74, 6) is 0. The molecule has 0 saturated carbocycles. The first-order chi connectivity index (χ1) is 14.0. The van der Waals surface area contributed by atoms with Gasteiger partial charge in [-0.1, -0.05) is 0 Å². The third-order valence-corrected chi connectivity index (χ3v) is 21.9. The molecule has 0 saturated heterocycles. The van der Waals surface area contributed by atoms with E-state index in [9.17, 15) is 0 Å². The second kappa shape index (κ2) is 9.75. The van der Waals surface area contributed by atoms with E-state index >= 15 is 0 Å². The van der Waals surface area contributed by atoms with Crippen LogP contribution in [0.25, 0.3) is 0 Å². The fourth-order valence-corrected chi connectivity index (χ4v) is 22.2. The molecule has 0 bridgehead atoms. The zero-order chi connectivity index (χ0) is 20.4. The van der Waals surface area contributed by atoms with Crippen molar-refractivity contribution in [2.45, 2.75) is 27.7 Å². The predicted octanol–water partition coefficient (Wildman–Crippen LogP) is 1.30. The minimum Gasteiger partial charge on any atom is -1.00 e. The van der Waals surface area contributed by atoms with Crippen LogP contribution < -0.4 is 37.1 Å². The van der Waals surface area contributed by atoms with Gasteiger partial charge in [-0.25, -0.2) is 0 Å². The SMILES string of the molecule is Cc1ccc[c]([Bi+]([c]2cccc(C)c2)([c]2cccc(C)c2)[c]2cccc(C)c2)c1.[I-]. The second-order valence-corrected chi connectivity index (χ2v) is 21.3. The minimum atomic E-state index is -3.56. The fraction of sp³-hybridized carbons (Fsp3) is 0.143. The van der Waals surface area contributed by atoms with E-state index < -0.39 is 20.3 Å². The Morgan fingerprint density at radius 1 is 0.400 bits per heavy atom. The average Bonchev–Trinajstić information content (AvgIpc) is 2.69. The van der Waals surface area contributed by atoms with Gasteiger partial charge in [-0.05, 0) is 0 Å². The molecule has 0 aliphatic heterocycles. The largest absolute Gasteiger partial charge is 1.00 e. The molecule has 152 valence electrons. The molecule has 0 nitrogen and oxygen atoms in total. The second-order valence-electron chi connectivity index (χ2n) is 8.03. The van der Waals surface area contributed by atoms with Crippen LogP contribution in [0.5, 0.6) is 0 Å². The Hall–Kier alpha value is -1.51. The Morgan fingerprint density at radius 2 is 0.633 bits per heavy atom. The van der Waals surface area contributed by atoms with E-state index in [0.29, 0.717) is 0 Å². The zero-order valence-corrected chi connectivity index (χ0v) is 23.7. The molecule has 0 amide bonds. The molecule has 0 aliphatic rings. The minimum absolute atomic E-state index is 0. The van der Waals surface area contributed by atoms with Gasteiger partial charge < -0.3 is 24.0 Å². The number of hydrogen-bond acceptors (Lipinski definition) is 0. The first-order valence-corrected chi connectivity index (χ1v) is 17.1. The van der Waals surface area contributed by atoms with Crippen molar-refractivity contribution < 1.29 is 24.0 Å². The summed E-state index contributed by atoms with van der Waals surface area (Å²) in [6.45, 7) is 8.85. The summed E-state index contributed by atoms with van der Waals surface area (Å²) in [4.78, 5) is 0. The maximum atomic E-state index is 2.44. The van der Waals surface area contributed by atoms with Crippen molar-refractivity contribution in [2.75, 3.05) is 0 Å². The first kappa shape index (κ1) is 23.2. The Morgan fingerprint density at radius 3 is 0.833 bits per heavy atom. The average molecular weight is 700 g/mol. The smallest absolute Gasteiger partial charge is 1.00 e. The maximum absolute atomic E-state index is 3.56. The van der Waals surface area contributed by atoms with Gasteiger partial charge in [-0.15, -0.1) is 0 Å². The van der Waals surface area contributed by atoms with Crippen molar-refractivity contribution >= 4 is 33.4 Å². The molecule has 4 rings (SSSR count). The predicted molar refractivity (Wildman–Crippen MR) is 129 cm³/mol. The van der Waals surface area contributed by atoms with Crippen LogP contribution in [0.2, 0.25) is 0 Å². The van der Waals surface area contributed by atoms with Crippen LogP contribution in [-0.2, 0) is 0 Å². The quantitative estimate of drug-likeness (QED) is 0.223. The van der Waals surface area contributed by atoms with Crippen LogP contribution >= 0.6 is 0 Å². The number of halogens is 1. The third-order valence-electron chi connectivity index (χ3n) is 5.56. The zero-order valence-electron chi connectivity index (χ0n) is 18.1. The molecule has 2 heteroatoms. The maximum Gasteiger partial charge on any atom is -1.00 e. The summed E-state index contributed by atoms with van der Waals surface area (Å²) in [6, 6.07) is 37.0. The van der Waals surface area contributed by atoms with Crippen molar-refractivity contribution in [1.82, 2.24) is 0 Å². The summed E-state index contributed by atoms with van der Waals surface area (Å²) < 4.78 is 6.08. The molecule has 0 radical (unpaired) electrons. The van der Waals surface area contributed by atoms with Gasteiger partial charge in [-0.3, -0.25) is 0 Å². The molecule has 30 heavy (non-hydrogen) atoms. The van der Waals surface area contributed by atoms with Gasteiger partial charge in [0.2, 0.25) is 0 Å². The molecule has 4 aromatic rings. The molecule has 0 aromatic heterocycles. The molecular formula is C28H28BiI. The Labute approximate surface area is 202 Å². The molecular weight excluding hydrogens is 672 g/mol. The molecule has 0 spiro atoms. The van der Waals surface area contributed by atoms with E-state index in [1.165, 1.54) is 35.3 Å². The fourth-order valence-electron chi connectivity index (χ4n) is 4.24. The van der Waals surface area contributed by atoms with Crippen molar-refractivity contribution in [1.29, 1.82) is 0 Å². The molecule has 0 N–H and O–H groups in total. The van der Waals surface area contributed by atoms with Crippen LogP contribution in [0.3, 0.4) is 0 Å². The molecule has 0 aliphatic carbocycles. The van der Waals surface area contributed by atoms with Crippen LogP contribution in [0.4, 0.5) is 0 Å². The van der Waals surface area contributed by atoms with Crippen molar-refractivity contribution in [3.05, 3.63) is 119 Å². The van der Waals surface area contributed by atoms with Crippen LogP contribution in [0.15, 0.2) is 97.1 Å². The topological polar surface area (TPSA) is 0 Å². The van der Waals surface area contributed by atoms with Gasteiger partial charge >= 0.3 is 180 Å². The Kier molecular flexibility index (Phi) is 7.53. The van der Waals surface area contributed by atoms with E-state index in [1.54, 1.807) is 0 Å². The monoisotopic (exact) mass is 700 g/mol. The molecule has 0 atom stereocenters. The van der Waals surface area contributed by atoms with Crippen LogP contribution in [0, 0.1) is 27.7 Å². The summed E-state index contributed by atoms with van der Waals surface area (Å²) >= 11 is -3.56.